The van der Waals surface area contributed by atoms with Gasteiger partial charge in [0.2, 0.25) is 0 Å². The Bertz CT molecular complexity index is 289. The zero-order valence-electron chi connectivity index (χ0n) is 7.02. The molecule has 1 nitrogen and oxygen atoms in total. The largest absolute Gasteiger partial charge is 0.388 e. The zero-order valence-corrected chi connectivity index (χ0v) is 7.02. The number of rotatable bonds is 2. The van der Waals surface area contributed by atoms with Crippen LogP contribution in [0.5, 0.6) is 0 Å². The summed E-state index contributed by atoms with van der Waals surface area (Å²) in [5, 5.41) is 9.18. The quantitative estimate of drug-likeness (QED) is 0.759. The van der Waals surface area contributed by atoms with Crippen molar-refractivity contribution in [3.8, 4) is 0 Å². The first-order valence-electron chi connectivity index (χ1n) is 3.88. The molecule has 4 heteroatoms. The molecule has 13 heavy (non-hydrogen) atoms. The Morgan fingerprint density at radius 2 is 1.69 bits per heavy atom. The molecule has 0 saturated heterocycles. The molecule has 1 rings (SSSR count). The van der Waals surface area contributed by atoms with E-state index in [1.165, 1.54) is 0 Å². The lowest BCUT2D eigenvalue weighted by Gasteiger charge is -2.10. The summed E-state index contributed by atoms with van der Waals surface area (Å²) in [6.07, 6.45) is -1.04. The molecule has 0 fully saturated rings. The third kappa shape index (κ3) is 2.01. The average molecular weight is 190 g/mol. The van der Waals surface area contributed by atoms with Crippen LogP contribution in [0, 0.1) is 17.5 Å². The van der Waals surface area contributed by atoms with Crippen LogP contribution in [0.4, 0.5) is 13.2 Å². The fourth-order valence-electron chi connectivity index (χ4n) is 1.08. The second-order valence-corrected chi connectivity index (χ2v) is 2.71. The fourth-order valence-corrected chi connectivity index (χ4v) is 1.08. The Hall–Kier alpha value is -1.03. The van der Waals surface area contributed by atoms with Gasteiger partial charge in [0.05, 0.1) is 11.7 Å². The SMILES string of the molecule is CC[C@H](O)c1c(F)cc(F)cc1F. The summed E-state index contributed by atoms with van der Waals surface area (Å²) in [6, 6.07) is 1.11. The van der Waals surface area contributed by atoms with E-state index in [0.29, 0.717) is 12.1 Å². The molecule has 1 atom stereocenters. The number of hydrogen-bond donors (Lipinski definition) is 1. The van der Waals surface area contributed by atoms with Crippen LogP contribution < -0.4 is 0 Å². The van der Waals surface area contributed by atoms with E-state index in [1.54, 1.807) is 6.92 Å². The van der Waals surface area contributed by atoms with Crippen molar-refractivity contribution in [2.75, 3.05) is 0 Å². The molecule has 0 saturated carbocycles. The molecule has 72 valence electrons. The minimum absolute atomic E-state index is 0.180. The highest BCUT2D eigenvalue weighted by Gasteiger charge is 2.17. The van der Waals surface area contributed by atoms with Crippen LogP contribution >= 0.6 is 0 Å². The maximum atomic E-state index is 12.9. The van der Waals surface area contributed by atoms with Crippen LogP contribution in [0.25, 0.3) is 0 Å². The molecule has 1 aromatic carbocycles. The minimum Gasteiger partial charge on any atom is -0.388 e. The van der Waals surface area contributed by atoms with Crippen molar-refractivity contribution in [3.63, 3.8) is 0 Å². The molecule has 0 amide bonds. The third-order valence-electron chi connectivity index (χ3n) is 1.76. The van der Waals surface area contributed by atoms with E-state index in [4.69, 9.17) is 0 Å². The van der Waals surface area contributed by atoms with Crippen molar-refractivity contribution in [1.29, 1.82) is 0 Å². The lowest BCUT2D eigenvalue weighted by atomic mass is 10.1. The average Bonchev–Trinajstić information content (AvgIpc) is 2.02. The summed E-state index contributed by atoms with van der Waals surface area (Å²) in [7, 11) is 0. The second-order valence-electron chi connectivity index (χ2n) is 2.71. The Morgan fingerprint density at radius 3 is 2.08 bits per heavy atom. The summed E-state index contributed by atoms with van der Waals surface area (Å²) in [5.41, 5.74) is -0.469. The Labute approximate surface area is 73.8 Å². The number of halogens is 3. The van der Waals surface area contributed by atoms with Crippen molar-refractivity contribution in [2.24, 2.45) is 0 Å². The first-order valence-corrected chi connectivity index (χ1v) is 3.88. The van der Waals surface area contributed by atoms with Gasteiger partial charge in [-0.3, -0.25) is 0 Å². The Balaban J connectivity index is 3.20. The minimum atomic E-state index is -1.22. The first-order chi connectivity index (χ1) is 6.06. The number of benzene rings is 1. The smallest absolute Gasteiger partial charge is 0.134 e. The standard InChI is InChI=1S/C9H9F3O/c1-2-8(13)9-6(11)3-5(10)4-7(9)12/h3-4,8,13H,2H2,1H3/t8-/m0/s1. The van der Waals surface area contributed by atoms with Crippen molar-refractivity contribution < 1.29 is 18.3 Å². The summed E-state index contributed by atoms with van der Waals surface area (Å²) in [6.45, 7) is 1.58. The van der Waals surface area contributed by atoms with Crippen molar-refractivity contribution in [3.05, 3.63) is 35.1 Å². The summed E-state index contributed by atoms with van der Waals surface area (Å²) in [5.74, 6) is -3.08. The van der Waals surface area contributed by atoms with Crippen LogP contribution in [0.3, 0.4) is 0 Å². The highest BCUT2D eigenvalue weighted by molar-refractivity contribution is 5.22. The van der Waals surface area contributed by atoms with Gasteiger partial charge in [-0.2, -0.15) is 0 Å². The number of aliphatic hydroxyl groups excluding tert-OH is 1. The molecule has 0 radical (unpaired) electrons. The van der Waals surface area contributed by atoms with Crippen molar-refractivity contribution in [2.45, 2.75) is 19.4 Å². The maximum Gasteiger partial charge on any atom is 0.134 e. The van der Waals surface area contributed by atoms with E-state index in [2.05, 4.69) is 0 Å². The van der Waals surface area contributed by atoms with Crippen molar-refractivity contribution in [1.82, 2.24) is 0 Å². The van der Waals surface area contributed by atoms with Gasteiger partial charge in [0.15, 0.2) is 0 Å². The van der Waals surface area contributed by atoms with E-state index >= 15 is 0 Å². The monoisotopic (exact) mass is 190 g/mol. The Kier molecular flexibility index (Phi) is 2.93. The van der Waals surface area contributed by atoms with Crippen LogP contribution in [-0.4, -0.2) is 5.11 Å². The molecule has 0 aliphatic rings. The van der Waals surface area contributed by atoms with Gasteiger partial charge in [-0.25, -0.2) is 13.2 Å². The van der Waals surface area contributed by atoms with Crippen LogP contribution in [0.15, 0.2) is 12.1 Å². The predicted molar refractivity (Wildman–Crippen MR) is 41.6 cm³/mol. The highest BCUT2D eigenvalue weighted by atomic mass is 19.1. The molecule has 0 bridgehead atoms. The molecule has 0 aliphatic heterocycles. The molecule has 1 N–H and O–H groups in total. The summed E-state index contributed by atoms with van der Waals surface area (Å²) >= 11 is 0. The summed E-state index contributed by atoms with van der Waals surface area (Å²) in [4.78, 5) is 0. The van der Waals surface area contributed by atoms with Gasteiger partial charge in [-0.05, 0) is 6.42 Å². The first kappa shape index (κ1) is 10.1. The molecular weight excluding hydrogens is 181 g/mol. The summed E-state index contributed by atoms with van der Waals surface area (Å²) < 4.78 is 38.2. The highest BCUT2D eigenvalue weighted by Crippen LogP contribution is 2.23. The predicted octanol–water partition coefficient (Wildman–Crippen LogP) is 2.55. The molecule has 0 heterocycles. The van der Waals surface area contributed by atoms with Gasteiger partial charge in [0, 0.05) is 12.1 Å². The van der Waals surface area contributed by atoms with Gasteiger partial charge in [0.25, 0.3) is 0 Å². The van der Waals surface area contributed by atoms with Crippen LogP contribution in [-0.2, 0) is 0 Å². The zero-order chi connectivity index (χ0) is 10.0. The normalized spacial score (nSPS) is 13.0. The van der Waals surface area contributed by atoms with Crippen LogP contribution in [0.2, 0.25) is 0 Å². The van der Waals surface area contributed by atoms with E-state index in [9.17, 15) is 18.3 Å². The van der Waals surface area contributed by atoms with Crippen LogP contribution in [0.1, 0.15) is 25.0 Å². The molecule has 1 aromatic rings. The number of aliphatic hydroxyl groups is 1. The molecule has 0 spiro atoms. The van der Waals surface area contributed by atoms with E-state index in [-0.39, 0.29) is 6.42 Å². The Morgan fingerprint density at radius 1 is 1.23 bits per heavy atom. The maximum absolute atomic E-state index is 12.9. The third-order valence-corrected chi connectivity index (χ3v) is 1.76. The van der Waals surface area contributed by atoms with Crippen molar-refractivity contribution >= 4 is 0 Å². The second kappa shape index (κ2) is 3.79. The van der Waals surface area contributed by atoms with E-state index in [1.807, 2.05) is 0 Å². The fraction of sp³-hybridized carbons (Fsp3) is 0.333. The topological polar surface area (TPSA) is 20.2 Å². The van der Waals surface area contributed by atoms with E-state index < -0.39 is 29.1 Å². The molecule has 0 unspecified atom stereocenters. The molecule has 0 aromatic heterocycles. The lowest BCUT2D eigenvalue weighted by Crippen LogP contribution is -2.03. The van der Waals surface area contributed by atoms with Gasteiger partial charge in [-0.15, -0.1) is 0 Å². The van der Waals surface area contributed by atoms with Gasteiger partial charge < -0.3 is 5.11 Å². The lowest BCUT2D eigenvalue weighted by molar-refractivity contribution is 0.163. The van der Waals surface area contributed by atoms with Gasteiger partial charge in [-0.1, -0.05) is 6.92 Å². The van der Waals surface area contributed by atoms with Gasteiger partial charge >= 0.3 is 0 Å². The number of hydrogen-bond acceptors (Lipinski definition) is 1. The van der Waals surface area contributed by atoms with Gasteiger partial charge in [0.1, 0.15) is 17.5 Å². The van der Waals surface area contributed by atoms with E-state index in [0.717, 1.165) is 0 Å². The molecular formula is C9H9F3O. The molecule has 0 aliphatic carbocycles.